The van der Waals surface area contributed by atoms with E-state index in [1.54, 1.807) is 6.26 Å². The van der Waals surface area contributed by atoms with E-state index in [1.807, 2.05) is 6.92 Å². The summed E-state index contributed by atoms with van der Waals surface area (Å²) >= 11 is 0. The maximum atomic E-state index is 9.26. The highest BCUT2D eigenvalue weighted by atomic mass is 16.5. The monoisotopic (exact) mass is 225 g/mol. The van der Waals surface area contributed by atoms with E-state index >= 15 is 0 Å². The predicted molar refractivity (Wildman–Crippen MR) is 60.0 cm³/mol. The van der Waals surface area contributed by atoms with Crippen molar-refractivity contribution < 1.29 is 9.63 Å². The molecular formula is C11H19N3O2. The summed E-state index contributed by atoms with van der Waals surface area (Å²) in [5.41, 5.74) is 2.10. The molecule has 0 spiro atoms. The molecule has 1 aromatic heterocycles. The molecule has 0 amide bonds. The van der Waals surface area contributed by atoms with Crippen molar-refractivity contribution in [1.29, 1.82) is 0 Å². The van der Waals surface area contributed by atoms with Crippen LogP contribution in [0, 0.1) is 6.92 Å². The molecule has 90 valence electrons. The van der Waals surface area contributed by atoms with Gasteiger partial charge in [-0.15, -0.1) is 0 Å². The van der Waals surface area contributed by atoms with Crippen LogP contribution in [-0.4, -0.2) is 59.4 Å². The van der Waals surface area contributed by atoms with E-state index in [2.05, 4.69) is 22.0 Å². The molecular weight excluding hydrogens is 206 g/mol. The van der Waals surface area contributed by atoms with E-state index < -0.39 is 0 Å². The van der Waals surface area contributed by atoms with Crippen LogP contribution < -0.4 is 0 Å². The van der Waals surface area contributed by atoms with Gasteiger partial charge < -0.3 is 9.63 Å². The van der Waals surface area contributed by atoms with Crippen molar-refractivity contribution >= 4 is 0 Å². The van der Waals surface area contributed by atoms with Crippen molar-refractivity contribution in [2.75, 3.05) is 33.3 Å². The number of aryl methyl sites for hydroxylation is 1. The van der Waals surface area contributed by atoms with Gasteiger partial charge in [0.15, 0.2) is 0 Å². The topological polar surface area (TPSA) is 52.7 Å². The Kier molecular flexibility index (Phi) is 3.58. The molecule has 1 aliphatic heterocycles. The van der Waals surface area contributed by atoms with Crippen LogP contribution in [0.2, 0.25) is 0 Å². The number of aliphatic hydroxyl groups is 1. The summed E-state index contributed by atoms with van der Waals surface area (Å²) in [6.45, 7) is 5.92. The molecule has 0 aliphatic carbocycles. The summed E-state index contributed by atoms with van der Waals surface area (Å²) in [5.74, 6) is 0. The molecule has 2 heterocycles. The van der Waals surface area contributed by atoms with Gasteiger partial charge in [-0.3, -0.25) is 9.80 Å². The van der Waals surface area contributed by atoms with Crippen LogP contribution in [0.25, 0.3) is 0 Å². The van der Waals surface area contributed by atoms with Gasteiger partial charge in [0.05, 0.1) is 6.61 Å². The van der Waals surface area contributed by atoms with Crippen LogP contribution in [0.1, 0.15) is 11.3 Å². The van der Waals surface area contributed by atoms with Crippen LogP contribution in [0.15, 0.2) is 10.8 Å². The van der Waals surface area contributed by atoms with Crippen LogP contribution in [0.5, 0.6) is 0 Å². The Morgan fingerprint density at radius 3 is 3.00 bits per heavy atom. The molecule has 16 heavy (non-hydrogen) atoms. The number of rotatable bonds is 3. The molecule has 5 nitrogen and oxygen atoms in total. The number of hydrogen-bond acceptors (Lipinski definition) is 5. The maximum absolute atomic E-state index is 9.26. The Hall–Kier alpha value is -0.910. The molecule has 0 radical (unpaired) electrons. The first-order valence-electron chi connectivity index (χ1n) is 5.64. The third kappa shape index (κ3) is 2.42. The Bertz CT molecular complexity index is 340. The average molecular weight is 225 g/mol. The summed E-state index contributed by atoms with van der Waals surface area (Å²) in [5, 5.41) is 13.2. The van der Waals surface area contributed by atoms with Crippen molar-refractivity contribution in [3.05, 3.63) is 17.5 Å². The van der Waals surface area contributed by atoms with Crippen LogP contribution in [0.4, 0.5) is 0 Å². The molecule has 1 saturated heterocycles. The highest BCUT2D eigenvalue weighted by Crippen LogP contribution is 2.13. The zero-order valence-corrected chi connectivity index (χ0v) is 9.89. The summed E-state index contributed by atoms with van der Waals surface area (Å²) in [7, 11) is 2.06. The molecule has 0 bridgehead atoms. The smallest absolute Gasteiger partial charge is 0.127 e. The van der Waals surface area contributed by atoms with Gasteiger partial charge in [-0.05, 0) is 14.0 Å². The SMILES string of the molecule is Cc1conc1CN1CCN(C)C(CO)C1. The van der Waals surface area contributed by atoms with Crippen molar-refractivity contribution in [2.45, 2.75) is 19.5 Å². The van der Waals surface area contributed by atoms with Gasteiger partial charge >= 0.3 is 0 Å². The van der Waals surface area contributed by atoms with E-state index in [4.69, 9.17) is 4.52 Å². The lowest BCUT2D eigenvalue weighted by Gasteiger charge is -2.38. The van der Waals surface area contributed by atoms with E-state index in [0.717, 1.165) is 37.4 Å². The summed E-state index contributed by atoms with van der Waals surface area (Å²) in [6.07, 6.45) is 1.68. The van der Waals surface area contributed by atoms with Gasteiger partial charge in [0.2, 0.25) is 0 Å². The molecule has 1 fully saturated rings. The minimum absolute atomic E-state index is 0.213. The molecule has 0 saturated carbocycles. The Labute approximate surface area is 95.6 Å². The lowest BCUT2D eigenvalue weighted by atomic mass is 10.1. The molecule has 0 aromatic carbocycles. The van der Waals surface area contributed by atoms with Gasteiger partial charge in [-0.25, -0.2) is 0 Å². The highest BCUT2D eigenvalue weighted by molar-refractivity contribution is 5.11. The van der Waals surface area contributed by atoms with Crippen molar-refractivity contribution in [3.8, 4) is 0 Å². The van der Waals surface area contributed by atoms with Gasteiger partial charge in [-0.1, -0.05) is 5.16 Å². The standard InChI is InChI=1S/C11H19N3O2/c1-9-8-16-12-11(9)6-14-4-3-13(2)10(5-14)7-15/h8,10,15H,3-7H2,1-2H3. The Morgan fingerprint density at radius 2 is 2.38 bits per heavy atom. The van der Waals surface area contributed by atoms with Gasteiger partial charge in [0.25, 0.3) is 0 Å². The number of hydrogen-bond donors (Lipinski definition) is 1. The van der Waals surface area contributed by atoms with E-state index in [-0.39, 0.29) is 12.6 Å². The van der Waals surface area contributed by atoms with Gasteiger partial charge in [0.1, 0.15) is 12.0 Å². The van der Waals surface area contributed by atoms with Crippen molar-refractivity contribution in [1.82, 2.24) is 15.0 Å². The van der Waals surface area contributed by atoms with E-state index in [1.165, 1.54) is 0 Å². The Morgan fingerprint density at radius 1 is 1.56 bits per heavy atom. The number of aromatic nitrogens is 1. The van der Waals surface area contributed by atoms with Crippen LogP contribution >= 0.6 is 0 Å². The molecule has 1 N–H and O–H groups in total. The largest absolute Gasteiger partial charge is 0.395 e. The first-order valence-corrected chi connectivity index (χ1v) is 5.64. The van der Waals surface area contributed by atoms with Crippen molar-refractivity contribution in [2.24, 2.45) is 0 Å². The van der Waals surface area contributed by atoms with E-state index in [0.29, 0.717) is 0 Å². The molecule has 2 rings (SSSR count). The number of nitrogens with zero attached hydrogens (tertiary/aromatic N) is 3. The zero-order chi connectivity index (χ0) is 11.5. The van der Waals surface area contributed by atoms with Crippen LogP contribution in [0.3, 0.4) is 0 Å². The molecule has 5 heteroatoms. The number of piperazine rings is 1. The molecule has 1 aliphatic rings. The fraction of sp³-hybridized carbons (Fsp3) is 0.727. The second-order valence-electron chi connectivity index (χ2n) is 4.50. The lowest BCUT2D eigenvalue weighted by Crippen LogP contribution is -2.52. The lowest BCUT2D eigenvalue weighted by molar-refractivity contribution is 0.0529. The quantitative estimate of drug-likeness (QED) is 0.790. The average Bonchev–Trinajstić information content (AvgIpc) is 2.67. The van der Waals surface area contributed by atoms with Crippen molar-refractivity contribution in [3.63, 3.8) is 0 Å². The first kappa shape index (κ1) is 11.6. The number of likely N-dealkylation sites (N-methyl/N-ethyl adjacent to an activating group) is 1. The molecule has 1 atom stereocenters. The fourth-order valence-corrected chi connectivity index (χ4v) is 2.03. The minimum atomic E-state index is 0.213. The van der Waals surface area contributed by atoms with Gasteiger partial charge in [0, 0.05) is 37.8 Å². The fourth-order valence-electron chi connectivity index (χ4n) is 2.03. The molecule has 1 aromatic rings. The second kappa shape index (κ2) is 4.95. The summed E-state index contributed by atoms with van der Waals surface area (Å²) in [4.78, 5) is 4.51. The van der Waals surface area contributed by atoms with Crippen LogP contribution in [-0.2, 0) is 6.54 Å². The first-order chi connectivity index (χ1) is 7.70. The summed E-state index contributed by atoms with van der Waals surface area (Å²) < 4.78 is 4.92. The third-order valence-electron chi connectivity index (χ3n) is 3.29. The minimum Gasteiger partial charge on any atom is -0.395 e. The maximum Gasteiger partial charge on any atom is 0.127 e. The number of aliphatic hydroxyl groups excluding tert-OH is 1. The zero-order valence-electron chi connectivity index (χ0n) is 9.89. The predicted octanol–water partition coefficient (Wildman–Crippen LogP) is 0.0913. The normalized spacial score (nSPS) is 23.8. The molecule has 1 unspecified atom stereocenters. The van der Waals surface area contributed by atoms with E-state index in [9.17, 15) is 5.11 Å². The summed E-state index contributed by atoms with van der Waals surface area (Å²) in [6, 6.07) is 0.237. The third-order valence-corrected chi connectivity index (χ3v) is 3.29. The second-order valence-corrected chi connectivity index (χ2v) is 4.50. The van der Waals surface area contributed by atoms with Gasteiger partial charge in [-0.2, -0.15) is 0 Å². The highest BCUT2D eigenvalue weighted by Gasteiger charge is 2.24. The Balaban J connectivity index is 1.94.